The fraction of sp³-hybridized carbons (Fsp3) is 0.500. The molecule has 0 saturated carbocycles. The highest BCUT2D eigenvalue weighted by Gasteiger charge is 2.04. The zero-order valence-corrected chi connectivity index (χ0v) is 10.3. The molecule has 15 heavy (non-hydrogen) atoms. The van der Waals surface area contributed by atoms with Crippen molar-refractivity contribution in [1.29, 1.82) is 0 Å². The van der Waals surface area contributed by atoms with Gasteiger partial charge in [0.1, 0.15) is 0 Å². The number of ether oxygens (including phenoxy) is 1. The SMILES string of the molecule is CNc1cc(Cl)c(C)cc1CCCOC. The standard InChI is InChI=1S/C12H18ClNO/c1-9-7-10(5-4-6-15-3)12(14-2)8-11(9)13/h7-8,14H,4-6H2,1-3H3. The molecule has 2 nitrogen and oxygen atoms in total. The van der Waals surface area contributed by atoms with E-state index in [0.717, 1.165) is 35.7 Å². The van der Waals surface area contributed by atoms with E-state index in [0.29, 0.717) is 0 Å². The van der Waals surface area contributed by atoms with Crippen LogP contribution in [0.1, 0.15) is 17.5 Å². The van der Waals surface area contributed by atoms with Gasteiger partial charge in [-0.15, -0.1) is 0 Å². The van der Waals surface area contributed by atoms with Crippen LogP contribution in [0.5, 0.6) is 0 Å². The minimum Gasteiger partial charge on any atom is -0.388 e. The van der Waals surface area contributed by atoms with E-state index < -0.39 is 0 Å². The number of benzene rings is 1. The molecule has 1 aromatic rings. The van der Waals surface area contributed by atoms with Crippen molar-refractivity contribution in [3.05, 3.63) is 28.3 Å². The van der Waals surface area contributed by atoms with Crippen LogP contribution < -0.4 is 5.32 Å². The van der Waals surface area contributed by atoms with Gasteiger partial charge in [0.15, 0.2) is 0 Å². The molecule has 3 heteroatoms. The van der Waals surface area contributed by atoms with E-state index in [-0.39, 0.29) is 0 Å². The van der Waals surface area contributed by atoms with Crippen LogP contribution in [-0.4, -0.2) is 20.8 Å². The van der Waals surface area contributed by atoms with Gasteiger partial charge in [-0.1, -0.05) is 17.7 Å². The number of hydrogen-bond donors (Lipinski definition) is 1. The van der Waals surface area contributed by atoms with Crippen molar-refractivity contribution in [3.63, 3.8) is 0 Å². The van der Waals surface area contributed by atoms with Gasteiger partial charge in [0.05, 0.1) is 0 Å². The lowest BCUT2D eigenvalue weighted by Crippen LogP contribution is -1.99. The molecule has 0 spiro atoms. The van der Waals surface area contributed by atoms with Gasteiger partial charge in [-0.3, -0.25) is 0 Å². The summed E-state index contributed by atoms with van der Waals surface area (Å²) in [6.45, 7) is 2.83. The van der Waals surface area contributed by atoms with E-state index >= 15 is 0 Å². The Hall–Kier alpha value is -0.730. The van der Waals surface area contributed by atoms with Crippen LogP contribution in [0.3, 0.4) is 0 Å². The Morgan fingerprint density at radius 1 is 1.40 bits per heavy atom. The third kappa shape index (κ3) is 3.40. The zero-order chi connectivity index (χ0) is 11.3. The number of methoxy groups -OCH3 is 1. The van der Waals surface area contributed by atoms with Gasteiger partial charge in [0, 0.05) is 31.5 Å². The van der Waals surface area contributed by atoms with Crippen LogP contribution in [0.4, 0.5) is 5.69 Å². The summed E-state index contributed by atoms with van der Waals surface area (Å²) >= 11 is 6.06. The Balaban J connectivity index is 2.80. The fourth-order valence-corrected chi connectivity index (χ4v) is 1.75. The van der Waals surface area contributed by atoms with Gasteiger partial charge in [-0.2, -0.15) is 0 Å². The first-order valence-corrected chi connectivity index (χ1v) is 5.52. The Bertz CT molecular complexity index is 326. The first-order valence-electron chi connectivity index (χ1n) is 5.14. The second-order valence-corrected chi connectivity index (χ2v) is 4.01. The Labute approximate surface area is 96.6 Å². The summed E-state index contributed by atoms with van der Waals surface area (Å²) in [6, 6.07) is 4.13. The van der Waals surface area contributed by atoms with Crippen molar-refractivity contribution in [2.24, 2.45) is 0 Å². The second kappa shape index (κ2) is 5.99. The van der Waals surface area contributed by atoms with E-state index in [2.05, 4.69) is 11.4 Å². The third-order valence-electron chi connectivity index (χ3n) is 2.45. The molecule has 0 saturated heterocycles. The quantitative estimate of drug-likeness (QED) is 0.780. The Morgan fingerprint density at radius 3 is 2.73 bits per heavy atom. The number of anilines is 1. The summed E-state index contributed by atoms with van der Waals surface area (Å²) in [5.74, 6) is 0. The molecular weight excluding hydrogens is 210 g/mol. The van der Waals surface area contributed by atoms with Gasteiger partial charge < -0.3 is 10.1 Å². The van der Waals surface area contributed by atoms with Gasteiger partial charge in [0.25, 0.3) is 0 Å². The minimum absolute atomic E-state index is 0.796. The lowest BCUT2D eigenvalue weighted by atomic mass is 10.0. The first kappa shape index (κ1) is 12.3. The summed E-state index contributed by atoms with van der Waals surface area (Å²) < 4.78 is 5.04. The van der Waals surface area contributed by atoms with E-state index in [4.69, 9.17) is 16.3 Å². The summed E-state index contributed by atoms with van der Waals surface area (Å²) in [5, 5.41) is 3.98. The molecule has 0 atom stereocenters. The highest BCUT2D eigenvalue weighted by atomic mass is 35.5. The van der Waals surface area contributed by atoms with Crippen LogP contribution in [0.15, 0.2) is 12.1 Å². The number of aryl methyl sites for hydroxylation is 2. The molecule has 0 amide bonds. The molecule has 0 aliphatic heterocycles. The van der Waals surface area contributed by atoms with Crippen LogP contribution in [0.2, 0.25) is 5.02 Å². The average molecular weight is 228 g/mol. The number of rotatable bonds is 5. The third-order valence-corrected chi connectivity index (χ3v) is 2.86. The van der Waals surface area contributed by atoms with Crippen LogP contribution in [-0.2, 0) is 11.2 Å². The maximum atomic E-state index is 6.06. The normalized spacial score (nSPS) is 10.4. The van der Waals surface area contributed by atoms with Crippen molar-refractivity contribution in [2.75, 3.05) is 26.1 Å². The van der Waals surface area contributed by atoms with E-state index in [1.165, 1.54) is 5.56 Å². The molecule has 0 aliphatic carbocycles. The molecule has 0 radical (unpaired) electrons. The van der Waals surface area contributed by atoms with Gasteiger partial charge >= 0.3 is 0 Å². The monoisotopic (exact) mass is 227 g/mol. The molecule has 0 unspecified atom stereocenters. The molecule has 0 heterocycles. The number of halogens is 1. The highest BCUT2D eigenvalue weighted by molar-refractivity contribution is 6.31. The fourth-order valence-electron chi connectivity index (χ4n) is 1.59. The van der Waals surface area contributed by atoms with Crippen molar-refractivity contribution in [2.45, 2.75) is 19.8 Å². The smallest absolute Gasteiger partial charge is 0.0465 e. The molecule has 0 aromatic heterocycles. The van der Waals surface area contributed by atoms with Gasteiger partial charge in [0.2, 0.25) is 0 Å². The maximum absolute atomic E-state index is 6.06. The number of hydrogen-bond acceptors (Lipinski definition) is 2. The van der Waals surface area contributed by atoms with Gasteiger partial charge in [-0.05, 0) is 37.0 Å². The molecule has 1 aromatic carbocycles. The Morgan fingerprint density at radius 2 is 2.13 bits per heavy atom. The molecule has 0 bridgehead atoms. The first-order chi connectivity index (χ1) is 7.19. The maximum Gasteiger partial charge on any atom is 0.0465 e. The zero-order valence-electron chi connectivity index (χ0n) is 9.56. The number of nitrogens with one attached hydrogen (secondary N) is 1. The minimum atomic E-state index is 0.796. The molecule has 1 N–H and O–H groups in total. The van der Waals surface area contributed by atoms with Crippen molar-refractivity contribution in [1.82, 2.24) is 0 Å². The highest BCUT2D eigenvalue weighted by Crippen LogP contribution is 2.25. The molecule has 84 valence electrons. The molecule has 1 rings (SSSR count). The van der Waals surface area contributed by atoms with Crippen molar-refractivity contribution in [3.8, 4) is 0 Å². The van der Waals surface area contributed by atoms with Crippen LogP contribution >= 0.6 is 11.6 Å². The van der Waals surface area contributed by atoms with E-state index in [1.807, 2.05) is 20.0 Å². The average Bonchev–Trinajstić information content (AvgIpc) is 2.23. The van der Waals surface area contributed by atoms with E-state index in [1.54, 1.807) is 7.11 Å². The van der Waals surface area contributed by atoms with Crippen LogP contribution in [0.25, 0.3) is 0 Å². The summed E-state index contributed by atoms with van der Waals surface area (Å²) in [7, 11) is 3.65. The molecule has 0 aliphatic rings. The topological polar surface area (TPSA) is 21.3 Å². The van der Waals surface area contributed by atoms with Crippen molar-refractivity contribution >= 4 is 17.3 Å². The lowest BCUT2D eigenvalue weighted by Gasteiger charge is -2.11. The predicted molar refractivity (Wildman–Crippen MR) is 65.9 cm³/mol. The lowest BCUT2D eigenvalue weighted by molar-refractivity contribution is 0.195. The van der Waals surface area contributed by atoms with E-state index in [9.17, 15) is 0 Å². The molecular formula is C12H18ClNO. The van der Waals surface area contributed by atoms with Crippen LogP contribution in [0, 0.1) is 6.92 Å². The molecule has 0 fully saturated rings. The van der Waals surface area contributed by atoms with Gasteiger partial charge in [-0.25, -0.2) is 0 Å². The second-order valence-electron chi connectivity index (χ2n) is 3.60. The summed E-state index contributed by atoms with van der Waals surface area (Å²) in [6.07, 6.45) is 2.05. The largest absolute Gasteiger partial charge is 0.388 e. The van der Waals surface area contributed by atoms with Crippen molar-refractivity contribution < 1.29 is 4.74 Å². The summed E-state index contributed by atoms with van der Waals surface area (Å²) in [4.78, 5) is 0. The Kier molecular flexibility index (Phi) is 4.92. The summed E-state index contributed by atoms with van der Waals surface area (Å²) in [5.41, 5.74) is 3.54. The predicted octanol–water partition coefficient (Wildman–Crippen LogP) is 3.27.